The molecule has 0 radical (unpaired) electrons. The number of nitrogens with two attached hydrogens (primary N) is 1. The van der Waals surface area contributed by atoms with Crippen LogP contribution in [-0.2, 0) is 11.2 Å². The molecule has 84 valence electrons. The van der Waals surface area contributed by atoms with E-state index in [1.165, 1.54) is 0 Å². The van der Waals surface area contributed by atoms with Gasteiger partial charge in [-0.15, -0.1) is 11.3 Å². The molecule has 17 heavy (non-hydrogen) atoms. The first kappa shape index (κ1) is 10.2. The Morgan fingerprint density at radius 3 is 3.00 bits per heavy atom. The Bertz CT molecular complexity index is 707. The number of thiophene rings is 1. The number of aliphatic imine (C=N–C) groups is 2. The van der Waals surface area contributed by atoms with E-state index < -0.39 is 0 Å². The molecular weight excluding hydrogens is 234 g/mol. The van der Waals surface area contributed by atoms with Crippen LogP contribution in [-0.4, -0.2) is 18.3 Å². The van der Waals surface area contributed by atoms with Crippen molar-refractivity contribution in [2.45, 2.75) is 6.42 Å². The maximum Gasteiger partial charge on any atom is 0.244 e. The minimum absolute atomic E-state index is 0.371. The zero-order valence-electron chi connectivity index (χ0n) is 8.88. The molecule has 2 N–H and O–H groups in total. The number of hydrogen-bond donors (Lipinski definition) is 1. The van der Waals surface area contributed by atoms with Crippen molar-refractivity contribution in [3.05, 3.63) is 26.3 Å². The molecule has 1 amide bonds. The fourth-order valence-electron chi connectivity index (χ4n) is 1.88. The minimum atomic E-state index is -0.371. The van der Waals surface area contributed by atoms with Gasteiger partial charge in [-0.2, -0.15) is 0 Å². The molecule has 0 spiro atoms. The smallest absolute Gasteiger partial charge is 0.244 e. The number of hydrogen-bond acceptors (Lipinski definition) is 4. The molecule has 1 aromatic heterocycles. The van der Waals surface area contributed by atoms with Gasteiger partial charge >= 0.3 is 0 Å². The first-order valence-corrected chi connectivity index (χ1v) is 5.96. The number of carbonyl (C=O) groups excluding carboxylic acids is 1. The first-order valence-electron chi connectivity index (χ1n) is 5.14. The molecule has 2 heterocycles. The highest BCUT2D eigenvalue weighted by Gasteiger charge is 2.16. The molecule has 2 aliphatic rings. The third-order valence-electron chi connectivity index (χ3n) is 2.70. The third kappa shape index (κ3) is 1.64. The molecule has 0 unspecified atom stereocenters. The topological polar surface area (TPSA) is 67.8 Å². The van der Waals surface area contributed by atoms with Crippen LogP contribution in [0.3, 0.4) is 0 Å². The van der Waals surface area contributed by atoms with Crippen molar-refractivity contribution >= 4 is 47.6 Å². The van der Waals surface area contributed by atoms with Gasteiger partial charge in [-0.3, -0.25) is 14.8 Å². The zero-order chi connectivity index (χ0) is 11.8. The quantitative estimate of drug-likeness (QED) is 0.742. The van der Waals surface area contributed by atoms with Gasteiger partial charge in [-0.25, -0.2) is 0 Å². The second kappa shape index (κ2) is 3.78. The Morgan fingerprint density at radius 1 is 1.29 bits per heavy atom. The second-order valence-corrected chi connectivity index (χ2v) is 4.85. The van der Waals surface area contributed by atoms with Gasteiger partial charge in [0.15, 0.2) is 0 Å². The van der Waals surface area contributed by atoms with Crippen LogP contribution in [0.15, 0.2) is 21.6 Å². The molecule has 5 heteroatoms. The summed E-state index contributed by atoms with van der Waals surface area (Å²) in [5.74, 6) is -0.371. The maximum atomic E-state index is 11.2. The summed E-state index contributed by atoms with van der Waals surface area (Å²) in [6, 6.07) is 0. The summed E-state index contributed by atoms with van der Waals surface area (Å²) >= 11 is 1.63. The van der Waals surface area contributed by atoms with Crippen LogP contribution in [0.1, 0.15) is 5.56 Å². The molecule has 1 aromatic rings. The number of fused-ring (bicyclic) bond motifs is 3. The summed E-state index contributed by atoms with van der Waals surface area (Å²) in [7, 11) is 0. The molecule has 1 aliphatic heterocycles. The number of rotatable bonds is 1. The normalized spacial score (nSPS) is 16.1. The van der Waals surface area contributed by atoms with Crippen molar-refractivity contribution in [1.29, 1.82) is 0 Å². The van der Waals surface area contributed by atoms with Gasteiger partial charge in [0.1, 0.15) is 0 Å². The van der Waals surface area contributed by atoms with Gasteiger partial charge in [0, 0.05) is 40.7 Å². The lowest BCUT2D eigenvalue weighted by molar-refractivity contribution is -0.114. The fourth-order valence-corrected chi connectivity index (χ4v) is 2.93. The monoisotopic (exact) mass is 243 g/mol. The standard InChI is InChI=1S/C12H9N3OS/c13-12(16)7-1-2-9-8(5-7)11-10(17-9)6-14-3-4-15-11/h1-4,6H,5H2,(H2,13,16). The molecule has 0 bridgehead atoms. The zero-order valence-corrected chi connectivity index (χ0v) is 9.70. The van der Waals surface area contributed by atoms with Gasteiger partial charge in [0.25, 0.3) is 0 Å². The Hall–Kier alpha value is -2.01. The van der Waals surface area contributed by atoms with Crippen molar-refractivity contribution in [2.75, 3.05) is 0 Å². The molecule has 0 atom stereocenters. The van der Waals surface area contributed by atoms with Crippen LogP contribution < -0.4 is 14.8 Å². The largest absolute Gasteiger partial charge is 0.366 e. The van der Waals surface area contributed by atoms with Gasteiger partial charge in [0.2, 0.25) is 5.91 Å². The van der Waals surface area contributed by atoms with Crippen LogP contribution in [0.25, 0.3) is 12.3 Å². The summed E-state index contributed by atoms with van der Waals surface area (Å²) in [5.41, 5.74) is 7.91. The number of primary amides is 1. The fraction of sp³-hybridized carbons (Fsp3) is 0.0833. The number of carbonyl (C=O) groups is 1. The molecule has 0 fully saturated rings. The Balaban J connectivity index is 2.21. The van der Waals surface area contributed by atoms with E-state index >= 15 is 0 Å². The van der Waals surface area contributed by atoms with E-state index in [1.807, 2.05) is 6.08 Å². The summed E-state index contributed by atoms with van der Waals surface area (Å²) in [6.07, 6.45) is 9.37. The lowest BCUT2D eigenvalue weighted by atomic mass is 10.0. The van der Waals surface area contributed by atoms with Crippen LogP contribution in [0.5, 0.6) is 0 Å². The van der Waals surface area contributed by atoms with Gasteiger partial charge in [0.05, 0.1) is 10.2 Å². The molecule has 1 aliphatic carbocycles. The molecule has 0 aromatic carbocycles. The van der Waals surface area contributed by atoms with E-state index in [1.54, 1.807) is 36.0 Å². The predicted octanol–water partition coefficient (Wildman–Crippen LogP) is 0.0211. The van der Waals surface area contributed by atoms with Crippen LogP contribution >= 0.6 is 11.3 Å². The van der Waals surface area contributed by atoms with Crippen molar-refractivity contribution < 1.29 is 4.79 Å². The number of nitrogens with zero attached hydrogens (tertiary/aromatic N) is 2. The van der Waals surface area contributed by atoms with E-state index in [0.717, 1.165) is 20.3 Å². The molecule has 3 rings (SSSR count). The summed E-state index contributed by atoms with van der Waals surface area (Å²) in [5, 5.41) is 0. The lowest BCUT2D eigenvalue weighted by Gasteiger charge is -2.06. The maximum absolute atomic E-state index is 11.2. The highest BCUT2D eigenvalue weighted by molar-refractivity contribution is 7.08. The van der Waals surface area contributed by atoms with E-state index in [4.69, 9.17) is 5.73 Å². The third-order valence-corrected chi connectivity index (χ3v) is 3.83. The van der Waals surface area contributed by atoms with Gasteiger partial charge in [-0.1, -0.05) is 6.08 Å². The van der Waals surface area contributed by atoms with Gasteiger partial charge < -0.3 is 5.73 Å². The van der Waals surface area contributed by atoms with Crippen molar-refractivity contribution in [2.24, 2.45) is 15.7 Å². The minimum Gasteiger partial charge on any atom is -0.366 e. The molecule has 0 saturated heterocycles. The number of allylic oxidation sites excluding steroid dienone is 1. The van der Waals surface area contributed by atoms with E-state index in [0.29, 0.717) is 12.0 Å². The molecule has 4 nitrogen and oxygen atoms in total. The van der Waals surface area contributed by atoms with Crippen molar-refractivity contribution in [3.63, 3.8) is 0 Å². The first-order chi connectivity index (χ1) is 8.25. The van der Waals surface area contributed by atoms with Crippen molar-refractivity contribution in [3.8, 4) is 0 Å². The van der Waals surface area contributed by atoms with Crippen LogP contribution in [0.2, 0.25) is 0 Å². The van der Waals surface area contributed by atoms with Crippen molar-refractivity contribution in [1.82, 2.24) is 0 Å². The Labute approximate surface area is 101 Å². The van der Waals surface area contributed by atoms with Crippen LogP contribution in [0.4, 0.5) is 5.69 Å². The van der Waals surface area contributed by atoms with E-state index in [9.17, 15) is 4.79 Å². The van der Waals surface area contributed by atoms with E-state index in [2.05, 4.69) is 9.98 Å². The Kier molecular flexibility index (Phi) is 2.26. The highest BCUT2D eigenvalue weighted by atomic mass is 32.1. The second-order valence-electron chi connectivity index (χ2n) is 3.76. The summed E-state index contributed by atoms with van der Waals surface area (Å²) in [4.78, 5) is 19.6. The average Bonchev–Trinajstić information content (AvgIpc) is 2.51. The average molecular weight is 243 g/mol. The predicted molar refractivity (Wildman–Crippen MR) is 70.1 cm³/mol. The SMILES string of the molecule is NC(=O)C1=CC=c2sc3c(c2C1)N=CC=NC=3. The van der Waals surface area contributed by atoms with E-state index in [-0.39, 0.29) is 5.91 Å². The summed E-state index contributed by atoms with van der Waals surface area (Å²) < 4.78 is 2.15. The molecule has 0 saturated carbocycles. The Morgan fingerprint density at radius 2 is 2.18 bits per heavy atom. The van der Waals surface area contributed by atoms with Crippen LogP contribution in [0, 0.1) is 0 Å². The molecular formula is C12H9N3OS. The highest BCUT2D eigenvalue weighted by Crippen LogP contribution is 2.20. The van der Waals surface area contributed by atoms with Gasteiger partial charge in [-0.05, 0) is 6.08 Å². The summed E-state index contributed by atoms with van der Waals surface area (Å²) in [6.45, 7) is 0. The number of amides is 1. The lowest BCUT2D eigenvalue weighted by Crippen LogP contribution is -2.19.